The minimum Gasteiger partial charge on any atom is -0.508 e. The monoisotopic (exact) mass is 528 g/mol. The van der Waals surface area contributed by atoms with Crippen LogP contribution in [-0.4, -0.2) is 97.0 Å². The van der Waals surface area contributed by atoms with Gasteiger partial charge in [-0.3, -0.25) is 0 Å². The summed E-state index contributed by atoms with van der Waals surface area (Å²) in [6.07, 6.45) is 9.06. The van der Waals surface area contributed by atoms with Gasteiger partial charge in [0.05, 0.1) is 78.2 Å². The van der Waals surface area contributed by atoms with Gasteiger partial charge in [-0.05, 0) is 30.7 Å². The Morgan fingerprint density at radius 1 is 0.541 bits per heavy atom. The van der Waals surface area contributed by atoms with Gasteiger partial charge < -0.3 is 38.3 Å². The summed E-state index contributed by atoms with van der Waals surface area (Å²) in [6.45, 7) is 8.67. The van der Waals surface area contributed by atoms with Gasteiger partial charge in [-0.2, -0.15) is 0 Å². The molecule has 1 aromatic carbocycles. The first kappa shape index (κ1) is 33.3. The maximum absolute atomic E-state index is 11.8. The number of benzene rings is 1. The Morgan fingerprint density at radius 3 is 1.38 bits per heavy atom. The zero-order valence-corrected chi connectivity index (χ0v) is 22.7. The topological polar surface area (TPSA) is 102 Å². The van der Waals surface area contributed by atoms with Crippen molar-refractivity contribution < 1.29 is 43.1 Å². The van der Waals surface area contributed by atoms with Gasteiger partial charge in [0.25, 0.3) is 0 Å². The van der Waals surface area contributed by atoms with E-state index in [1.165, 1.54) is 62.8 Å². The van der Waals surface area contributed by atoms with Crippen LogP contribution >= 0.6 is 0 Å². The minimum atomic E-state index is -0.451. The molecule has 0 heterocycles. The van der Waals surface area contributed by atoms with Gasteiger partial charge in [0.1, 0.15) is 12.4 Å². The van der Waals surface area contributed by atoms with Crippen LogP contribution < -0.4 is 0 Å². The molecule has 37 heavy (non-hydrogen) atoms. The van der Waals surface area contributed by atoms with E-state index in [0.717, 1.165) is 13.0 Å². The molecule has 0 unspecified atom stereocenters. The molecular weight excluding hydrogens is 480 g/mol. The highest BCUT2D eigenvalue weighted by Crippen LogP contribution is 2.10. The van der Waals surface area contributed by atoms with Gasteiger partial charge in [0.15, 0.2) is 0 Å². The Bertz CT molecular complexity index is 625. The number of aromatic hydroxyl groups is 1. The molecule has 0 saturated carbocycles. The van der Waals surface area contributed by atoms with E-state index in [1.54, 1.807) is 0 Å². The largest absolute Gasteiger partial charge is 0.508 e. The molecule has 0 fully saturated rings. The van der Waals surface area contributed by atoms with Crippen LogP contribution in [0.5, 0.6) is 5.75 Å². The maximum Gasteiger partial charge on any atom is 0.338 e. The molecule has 0 aromatic heterocycles. The Morgan fingerprint density at radius 2 is 0.919 bits per heavy atom. The summed E-state index contributed by atoms with van der Waals surface area (Å²) in [4.78, 5) is 11.8. The predicted molar refractivity (Wildman–Crippen MR) is 141 cm³/mol. The molecule has 9 heteroatoms. The molecular formula is C28H48O9. The summed E-state index contributed by atoms with van der Waals surface area (Å²) in [6, 6.07) is 5.89. The molecule has 0 saturated heterocycles. The zero-order chi connectivity index (χ0) is 26.7. The van der Waals surface area contributed by atoms with E-state index in [9.17, 15) is 9.90 Å². The predicted octanol–water partition coefficient (Wildman–Crippen LogP) is 4.40. The van der Waals surface area contributed by atoms with E-state index in [4.69, 9.17) is 33.2 Å². The number of rotatable bonds is 27. The number of phenolic OH excluding ortho intramolecular Hbond substituents is 1. The molecule has 214 valence electrons. The van der Waals surface area contributed by atoms with Crippen LogP contribution in [0.25, 0.3) is 0 Å². The van der Waals surface area contributed by atoms with Crippen molar-refractivity contribution in [1.82, 2.24) is 0 Å². The van der Waals surface area contributed by atoms with Gasteiger partial charge >= 0.3 is 5.97 Å². The number of hydrogen-bond donors (Lipinski definition) is 1. The third-order valence-electron chi connectivity index (χ3n) is 5.32. The lowest BCUT2D eigenvalue weighted by molar-refractivity contribution is -0.0194. The summed E-state index contributed by atoms with van der Waals surface area (Å²) in [7, 11) is 0. The summed E-state index contributed by atoms with van der Waals surface area (Å²) < 4.78 is 37.9. The van der Waals surface area contributed by atoms with E-state index >= 15 is 0 Å². The van der Waals surface area contributed by atoms with Crippen molar-refractivity contribution in [2.75, 3.05) is 85.9 Å². The highest BCUT2D eigenvalue weighted by Gasteiger charge is 2.06. The second-order valence-corrected chi connectivity index (χ2v) is 8.48. The second-order valence-electron chi connectivity index (χ2n) is 8.48. The van der Waals surface area contributed by atoms with Crippen LogP contribution in [0.15, 0.2) is 24.3 Å². The van der Waals surface area contributed by atoms with Crippen LogP contribution in [0.3, 0.4) is 0 Å². The van der Waals surface area contributed by atoms with Crippen molar-refractivity contribution in [1.29, 1.82) is 0 Å². The molecule has 0 aliphatic rings. The standard InChI is InChI=1S/C28H48O9/c1-2-3-4-5-6-7-8-13-31-14-15-32-16-17-33-18-19-34-20-21-35-22-23-36-24-25-37-28(30)26-9-11-27(29)12-10-26/h9-12,29H,2-8,13-25H2,1H3. The first-order valence-corrected chi connectivity index (χ1v) is 13.7. The number of ether oxygens (including phenoxy) is 7. The number of carbonyl (C=O) groups is 1. The fourth-order valence-electron chi connectivity index (χ4n) is 3.24. The average Bonchev–Trinajstić information content (AvgIpc) is 2.91. The Balaban J connectivity index is 1.69. The van der Waals surface area contributed by atoms with Crippen molar-refractivity contribution in [3.8, 4) is 5.75 Å². The van der Waals surface area contributed by atoms with Gasteiger partial charge in [-0.15, -0.1) is 0 Å². The van der Waals surface area contributed by atoms with Gasteiger partial charge in [-0.1, -0.05) is 45.4 Å². The van der Waals surface area contributed by atoms with Crippen molar-refractivity contribution in [2.45, 2.75) is 51.9 Å². The lowest BCUT2D eigenvalue weighted by Crippen LogP contribution is -2.15. The lowest BCUT2D eigenvalue weighted by Gasteiger charge is -2.08. The molecule has 1 N–H and O–H groups in total. The van der Waals surface area contributed by atoms with E-state index in [1.807, 2.05) is 0 Å². The van der Waals surface area contributed by atoms with Crippen LogP contribution in [0, 0.1) is 0 Å². The molecule has 1 rings (SSSR count). The maximum atomic E-state index is 11.8. The normalized spacial score (nSPS) is 11.2. The highest BCUT2D eigenvalue weighted by molar-refractivity contribution is 5.89. The molecule has 0 bridgehead atoms. The van der Waals surface area contributed by atoms with Gasteiger partial charge in [0.2, 0.25) is 0 Å². The fraction of sp³-hybridized carbons (Fsp3) is 0.750. The number of phenols is 1. The quantitative estimate of drug-likeness (QED) is 0.131. The van der Waals surface area contributed by atoms with Crippen LogP contribution in [-0.2, 0) is 33.2 Å². The van der Waals surface area contributed by atoms with Crippen molar-refractivity contribution in [3.63, 3.8) is 0 Å². The zero-order valence-electron chi connectivity index (χ0n) is 22.7. The van der Waals surface area contributed by atoms with E-state index in [0.29, 0.717) is 71.6 Å². The smallest absolute Gasteiger partial charge is 0.338 e. The summed E-state index contributed by atoms with van der Waals surface area (Å²) in [5.41, 5.74) is 0.384. The van der Waals surface area contributed by atoms with Crippen molar-refractivity contribution in [3.05, 3.63) is 29.8 Å². The van der Waals surface area contributed by atoms with E-state index in [2.05, 4.69) is 6.92 Å². The van der Waals surface area contributed by atoms with Crippen molar-refractivity contribution in [2.24, 2.45) is 0 Å². The first-order chi connectivity index (χ1) is 18.2. The Hall–Kier alpha value is -1.75. The molecule has 0 aliphatic heterocycles. The number of hydrogen-bond acceptors (Lipinski definition) is 9. The molecule has 0 atom stereocenters. The molecule has 9 nitrogen and oxygen atoms in total. The number of carbonyl (C=O) groups excluding carboxylic acids is 1. The highest BCUT2D eigenvalue weighted by atomic mass is 16.6. The molecule has 0 amide bonds. The van der Waals surface area contributed by atoms with E-state index in [-0.39, 0.29) is 19.0 Å². The summed E-state index contributed by atoms with van der Waals surface area (Å²) in [5, 5.41) is 9.21. The number of esters is 1. The lowest BCUT2D eigenvalue weighted by atomic mass is 10.1. The third-order valence-corrected chi connectivity index (χ3v) is 5.32. The van der Waals surface area contributed by atoms with Crippen LogP contribution in [0.2, 0.25) is 0 Å². The first-order valence-electron chi connectivity index (χ1n) is 13.7. The Labute approximate surface area is 222 Å². The SMILES string of the molecule is CCCCCCCCCOCCOCCOCCOCCOCCOCCOC(=O)c1ccc(O)cc1. The molecule has 0 aliphatic carbocycles. The summed E-state index contributed by atoms with van der Waals surface area (Å²) in [5.74, 6) is -0.349. The second kappa shape index (κ2) is 25.9. The number of unbranched alkanes of at least 4 members (excludes halogenated alkanes) is 6. The van der Waals surface area contributed by atoms with Gasteiger partial charge in [0, 0.05) is 6.61 Å². The van der Waals surface area contributed by atoms with Gasteiger partial charge in [-0.25, -0.2) is 4.79 Å². The minimum absolute atomic E-state index is 0.102. The molecule has 0 spiro atoms. The third kappa shape index (κ3) is 22.0. The average molecular weight is 529 g/mol. The summed E-state index contributed by atoms with van der Waals surface area (Å²) >= 11 is 0. The Kier molecular flexibility index (Phi) is 23.3. The van der Waals surface area contributed by atoms with E-state index < -0.39 is 5.97 Å². The molecule has 0 radical (unpaired) electrons. The fourth-order valence-corrected chi connectivity index (χ4v) is 3.24. The van der Waals surface area contributed by atoms with Crippen molar-refractivity contribution >= 4 is 5.97 Å². The van der Waals surface area contributed by atoms with Crippen LogP contribution in [0.1, 0.15) is 62.2 Å². The molecule has 1 aromatic rings. The van der Waals surface area contributed by atoms with Crippen LogP contribution in [0.4, 0.5) is 0 Å².